The van der Waals surface area contributed by atoms with Gasteiger partial charge in [-0.3, -0.25) is 0 Å². The molecule has 126 valence electrons. The Hall–Kier alpha value is 0.202. The van der Waals surface area contributed by atoms with Crippen LogP contribution >= 0.6 is 0 Å². The van der Waals surface area contributed by atoms with Crippen molar-refractivity contribution in [3.05, 3.63) is 0 Å². The maximum absolute atomic E-state index is 9.91. The summed E-state index contributed by atoms with van der Waals surface area (Å²) >= 11 is 0. The van der Waals surface area contributed by atoms with Gasteiger partial charge in [0.1, 0.15) is 0 Å². The maximum atomic E-state index is 9.91. The van der Waals surface area contributed by atoms with E-state index < -0.39 is 34.2 Å². The standard InChI is InChI=1S/3C5H10O2.3Li/c3*1-5(2,3)4(6)7;;;/h3*1-3H3,(H,6,7);;;/q;;;3*+1/p-3. The van der Waals surface area contributed by atoms with Crippen molar-refractivity contribution in [1.29, 1.82) is 0 Å². The van der Waals surface area contributed by atoms with Gasteiger partial charge in [0, 0.05) is 34.2 Å². The Kier molecular flexibility index (Phi) is 25.3. The third kappa shape index (κ3) is 30.1. The molecule has 0 saturated carbocycles. The predicted octanol–water partition coefficient (Wildman–Crippen LogP) is -9.64. The van der Waals surface area contributed by atoms with Crippen LogP contribution in [0.3, 0.4) is 0 Å². The number of rotatable bonds is 0. The van der Waals surface area contributed by atoms with Gasteiger partial charge in [-0.1, -0.05) is 62.3 Å². The summed E-state index contributed by atoms with van der Waals surface area (Å²) in [6.07, 6.45) is 0. The summed E-state index contributed by atoms with van der Waals surface area (Å²) in [7, 11) is 0. The molecule has 0 radical (unpaired) electrons. The summed E-state index contributed by atoms with van der Waals surface area (Å²) in [5, 5.41) is 29.7. The topological polar surface area (TPSA) is 120 Å². The van der Waals surface area contributed by atoms with E-state index in [0.29, 0.717) is 0 Å². The molecule has 0 aromatic heterocycles. The first-order valence-corrected chi connectivity index (χ1v) is 6.47. The zero-order valence-corrected chi connectivity index (χ0v) is 17.4. The largest absolute Gasteiger partial charge is 1.00 e. The molecule has 0 bridgehead atoms. The second kappa shape index (κ2) is 15.5. The van der Waals surface area contributed by atoms with Crippen LogP contribution in [0.5, 0.6) is 0 Å². The molecule has 0 fully saturated rings. The second-order valence-corrected chi connectivity index (χ2v) is 7.61. The minimum absolute atomic E-state index is 0. The number of hydrogen-bond acceptors (Lipinski definition) is 6. The van der Waals surface area contributed by atoms with Crippen LogP contribution in [-0.4, -0.2) is 17.9 Å². The van der Waals surface area contributed by atoms with Gasteiger partial charge in [-0.2, -0.15) is 0 Å². The molecule has 0 N–H and O–H groups in total. The van der Waals surface area contributed by atoms with Gasteiger partial charge in [-0.15, -0.1) is 0 Å². The van der Waals surface area contributed by atoms with Gasteiger partial charge < -0.3 is 29.7 Å². The van der Waals surface area contributed by atoms with Crippen molar-refractivity contribution in [2.45, 2.75) is 62.3 Å². The monoisotopic (exact) mass is 324 g/mol. The van der Waals surface area contributed by atoms with Crippen molar-refractivity contribution in [2.75, 3.05) is 0 Å². The zero-order valence-electron chi connectivity index (χ0n) is 17.4. The summed E-state index contributed by atoms with van der Waals surface area (Å²) in [4.78, 5) is 29.7. The molecular formula is C15H27Li3O6. The molecule has 0 aromatic rings. The van der Waals surface area contributed by atoms with E-state index in [1.807, 2.05) is 0 Å². The van der Waals surface area contributed by atoms with Crippen molar-refractivity contribution in [3.63, 3.8) is 0 Å². The molecule has 0 spiro atoms. The van der Waals surface area contributed by atoms with Crippen molar-refractivity contribution in [3.8, 4) is 0 Å². The van der Waals surface area contributed by atoms with Gasteiger partial charge in [0.25, 0.3) is 0 Å². The molecule has 0 heterocycles. The smallest absolute Gasteiger partial charge is 0.550 e. The molecule has 24 heavy (non-hydrogen) atoms. The Morgan fingerprint density at radius 3 is 0.500 bits per heavy atom. The summed E-state index contributed by atoms with van der Waals surface area (Å²) in [5.74, 6) is -3.02. The van der Waals surface area contributed by atoms with E-state index in [2.05, 4.69) is 0 Å². The Morgan fingerprint density at radius 2 is 0.500 bits per heavy atom. The zero-order chi connectivity index (χ0) is 18.2. The Bertz CT molecular complexity index is 306. The normalized spacial score (nSPS) is 9.88. The van der Waals surface area contributed by atoms with Crippen LogP contribution in [0.15, 0.2) is 0 Å². The number of hydrogen-bond donors (Lipinski definition) is 0. The first-order chi connectivity index (χ1) is 8.83. The van der Waals surface area contributed by atoms with Gasteiger partial charge in [0.2, 0.25) is 0 Å². The summed E-state index contributed by atoms with van der Waals surface area (Å²) in [6.45, 7) is 14.4. The van der Waals surface area contributed by atoms with Crippen LogP contribution in [-0.2, 0) is 14.4 Å². The number of carboxylic acid groups (broad SMARTS) is 3. The molecule has 0 saturated heterocycles. The summed E-state index contributed by atoms with van der Waals surface area (Å²) in [5.41, 5.74) is -2.08. The van der Waals surface area contributed by atoms with Gasteiger partial charge in [0.05, 0.1) is 0 Å². The first kappa shape index (κ1) is 39.3. The van der Waals surface area contributed by atoms with Crippen LogP contribution in [0.25, 0.3) is 0 Å². The molecule has 0 aromatic carbocycles. The second-order valence-electron chi connectivity index (χ2n) is 7.61. The molecule has 0 aliphatic rings. The minimum Gasteiger partial charge on any atom is -0.550 e. The van der Waals surface area contributed by atoms with Crippen LogP contribution in [0, 0.1) is 16.2 Å². The van der Waals surface area contributed by atoms with Crippen LogP contribution in [0.1, 0.15) is 62.3 Å². The molecule has 0 rings (SSSR count). The number of carbonyl (C=O) groups is 3. The molecule has 9 heteroatoms. The Labute approximate surface area is 182 Å². The van der Waals surface area contributed by atoms with Crippen molar-refractivity contribution >= 4 is 17.9 Å². The van der Waals surface area contributed by atoms with Crippen LogP contribution in [0.2, 0.25) is 0 Å². The van der Waals surface area contributed by atoms with Crippen LogP contribution in [0.4, 0.5) is 0 Å². The molecule has 0 atom stereocenters. The summed E-state index contributed by atoms with van der Waals surface area (Å²) in [6, 6.07) is 0. The average Bonchev–Trinajstić information content (AvgIpc) is 2.14. The van der Waals surface area contributed by atoms with Crippen molar-refractivity contribution in [1.82, 2.24) is 0 Å². The molecule has 0 amide bonds. The molecule has 6 nitrogen and oxygen atoms in total. The number of aliphatic carboxylic acids is 3. The molecule has 0 aliphatic carbocycles. The van der Waals surface area contributed by atoms with Crippen molar-refractivity contribution in [2.24, 2.45) is 16.2 Å². The minimum atomic E-state index is -1.01. The third-order valence-corrected chi connectivity index (χ3v) is 1.84. The van der Waals surface area contributed by atoms with Gasteiger partial charge in [0.15, 0.2) is 0 Å². The Balaban J connectivity index is -0.0000000476. The molecule has 0 aliphatic heterocycles. The fourth-order valence-electron chi connectivity index (χ4n) is 0. The van der Waals surface area contributed by atoms with E-state index in [0.717, 1.165) is 0 Å². The Morgan fingerprint density at radius 1 is 0.458 bits per heavy atom. The van der Waals surface area contributed by atoms with E-state index in [1.54, 1.807) is 62.3 Å². The van der Waals surface area contributed by atoms with E-state index >= 15 is 0 Å². The van der Waals surface area contributed by atoms with E-state index in [1.165, 1.54) is 0 Å². The van der Waals surface area contributed by atoms with Crippen LogP contribution < -0.4 is 71.9 Å². The van der Waals surface area contributed by atoms with Crippen molar-refractivity contribution < 1.29 is 86.3 Å². The first-order valence-electron chi connectivity index (χ1n) is 6.47. The number of carboxylic acids is 3. The van der Waals surface area contributed by atoms with Gasteiger partial charge in [-0.25, -0.2) is 0 Å². The SMILES string of the molecule is CC(C)(C)C(=O)[O-].CC(C)(C)C(=O)[O-].CC(C)(C)C(=O)[O-].[Li+].[Li+].[Li+]. The quantitative estimate of drug-likeness (QED) is 0.408. The fraction of sp³-hybridized carbons (Fsp3) is 0.800. The van der Waals surface area contributed by atoms with E-state index in [9.17, 15) is 29.7 Å². The fourth-order valence-corrected chi connectivity index (χ4v) is 0. The van der Waals surface area contributed by atoms with E-state index in [-0.39, 0.29) is 56.6 Å². The van der Waals surface area contributed by atoms with Gasteiger partial charge >= 0.3 is 56.6 Å². The third-order valence-electron chi connectivity index (χ3n) is 1.84. The maximum Gasteiger partial charge on any atom is 1.00 e. The molecular weight excluding hydrogens is 297 g/mol. The predicted molar refractivity (Wildman–Crippen MR) is 73.4 cm³/mol. The molecule has 0 unspecified atom stereocenters. The van der Waals surface area contributed by atoms with Gasteiger partial charge in [-0.05, 0) is 0 Å². The number of carbonyl (C=O) groups excluding carboxylic acids is 3. The average molecular weight is 324 g/mol. The summed E-state index contributed by atoms with van der Waals surface area (Å²) < 4.78 is 0. The van der Waals surface area contributed by atoms with E-state index in [4.69, 9.17) is 0 Å².